The third kappa shape index (κ3) is 2.27. The number of aryl methyl sites for hydroxylation is 2. The zero-order valence-electron chi connectivity index (χ0n) is 9.64. The first-order chi connectivity index (χ1) is 8.09. The van der Waals surface area contributed by atoms with Crippen molar-refractivity contribution >= 4 is 5.69 Å². The molecule has 0 saturated heterocycles. The lowest BCUT2D eigenvalue weighted by Crippen LogP contribution is -2.05. The van der Waals surface area contributed by atoms with Crippen LogP contribution in [0.15, 0.2) is 18.2 Å². The minimum absolute atomic E-state index is 0.0347. The van der Waals surface area contributed by atoms with Crippen LogP contribution in [0.2, 0.25) is 0 Å². The Morgan fingerprint density at radius 1 is 1.24 bits per heavy atom. The summed E-state index contributed by atoms with van der Waals surface area (Å²) in [6, 6.07) is 3.84. The number of nitrogens with one attached hydrogen (secondary N) is 2. The molecular formula is C12H13F2N3. The first kappa shape index (κ1) is 11.6. The lowest BCUT2D eigenvalue weighted by atomic mass is 10.2. The Labute approximate surface area is 97.9 Å². The summed E-state index contributed by atoms with van der Waals surface area (Å²) < 4.78 is 26.8. The van der Waals surface area contributed by atoms with Gasteiger partial charge in [-0.2, -0.15) is 5.10 Å². The maximum Gasteiger partial charge on any atom is 0.131 e. The van der Waals surface area contributed by atoms with Gasteiger partial charge < -0.3 is 5.32 Å². The summed E-state index contributed by atoms with van der Waals surface area (Å²) in [6.07, 6.45) is 0. The van der Waals surface area contributed by atoms with Crippen molar-refractivity contribution < 1.29 is 8.78 Å². The molecule has 2 aromatic rings. The number of rotatable bonds is 3. The van der Waals surface area contributed by atoms with E-state index in [0.29, 0.717) is 0 Å². The minimum Gasteiger partial charge on any atom is -0.378 e. The second-order valence-electron chi connectivity index (χ2n) is 3.86. The summed E-state index contributed by atoms with van der Waals surface area (Å²) in [6.45, 7) is 3.77. The quantitative estimate of drug-likeness (QED) is 0.861. The highest BCUT2D eigenvalue weighted by Gasteiger charge is 2.10. The van der Waals surface area contributed by atoms with Crippen molar-refractivity contribution in [3.8, 4) is 0 Å². The van der Waals surface area contributed by atoms with Crippen LogP contribution in [0, 0.1) is 25.5 Å². The van der Waals surface area contributed by atoms with Gasteiger partial charge in [-0.05, 0) is 26.0 Å². The monoisotopic (exact) mass is 237 g/mol. The van der Waals surface area contributed by atoms with Gasteiger partial charge in [-0.3, -0.25) is 5.10 Å². The lowest BCUT2D eigenvalue weighted by molar-refractivity contribution is 0.560. The number of aromatic nitrogens is 2. The van der Waals surface area contributed by atoms with E-state index in [1.807, 2.05) is 13.8 Å². The molecule has 0 aliphatic carbocycles. The summed E-state index contributed by atoms with van der Waals surface area (Å²) in [4.78, 5) is 0. The lowest BCUT2D eigenvalue weighted by Gasteiger charge is -2.08. The molecule has 1 aromatic heterocycles. The largest absolute Gasteiger partial charge is 0.378 e. The van der Waals surface area contributed by atoms with E-state index in [1.54, 1.807) is 0 Å². The molecule has 0 atom stereocenters. The molecule has 2 N–H and O–H groups in total. The first-order valence-corrected chi connectivity index (χ1v) is 5.28. The molecule has 90 valence electrons. The number of hydrogen-bond donors (Lipinski definition) is 2. The maximum absolute atomic E-state index is 13.4. The normalized spacial score (nSPS) is 10.6. The number of benzene rings is 1. The fraction of sp³-hybridized carbons (Fsp3) is 0.250. The molecule has 0 aliphatic rings. The van der Waals surface area contributed by atoms with Gasteiger partial charge in [0.15, 0.2) is 0 Å². The highest BCUT2D eigenvalue weighted by Crippen LogP contribution is 2.19. The van der Waals surface area contributed by atoms with Crippen LogP contribution in [-0.4, -0.2) is 10.2 Å². The van der Waals surface area contributed by atoms with Gasteiger partial charge in [0.25, 0.3) is 0 Å². The topological polar surface area (TPSA) is 40.7 Å². The number of anilines is 1. The molecule has 3 nitrogen and oxygen atoms in total. The van der Waals surface area contributed by atoms with Crippen LogP contribution in [0.3, 0.4) is 0 Å². The van der Waals surface area contributed by atoms with Crippen molar-refractivity contribution in [1.29, 1.82) is 0 Å². The van der Waals surface area contributed by atoms with Gasteiger partial charge in [0, 0.05) is 12.1 Å². The van der Waals surface area contributed by atoms with E-state index in [9.17, 15) is 8.78 Å². The zero-order valence-corrected chi connectivity index (χ0v) is 9.64. The third-order valence-corrected chi connectivity index (χ3v) is 2.63. The van der Waals surface area contributed by atoms with Crippen molar-refractivity contribution in [2.24, 2.45) is 0 Å². The molecule has 1 aromatic carbocycles. The van der Waals surface area contributed by atoms with E-state index in [1.165, 1.54) is 18.2 Å². The fourth-order valence-electron chi connectivity index (χ4n) is 1.69. The summed E-state index contributed by atoms with van der Waals surface area (Å²) in [5, 5.41) is 9.79. The molecule has 5 heteroatoms. The highest BCUT2D eigenvalue weighted by atomic mass is 19.1. The third-order valence-electron chi connectivity index (χ3n) is 2.63. The first-order valence-electron chi connectivity index (χ1n) is 5.28. The van der Waals surface area contributed by atoms with Crippen LogP contribution >= 0.6 is 0 Å². The van der Waals surface area contributed by atoms with E-state index in [-0.39, 0.29) is 12.1 Å². The van der Waals surface area contributed by atoms with E-state index >= 15 is 0 Å². The average Bonchev–Trinajstić information content (AvgIpc) is 2.59. The smallest absolute Gasteiger partial charge is 0.131 e. The Bertz CT molecular complexity index is 495. The van der Waals surface area contributed by atoms with Crippen LogP contribution in [0.4, 0.5) is 14.5 Å². The van der Waals surface area contributed by atoms with Gasteiger partial charge in [-0.1, -0.05) is 6.07 Å². The van der Waals surface area contributed by atoms with Crippen LogP contribution < -0.4 is 5.32 Å². The number of hydrogen-bond acceptors (Lipinski definition) is 2. The molecule has 0 radical (unpaired) electrons. The molecule has 0 bridgehead atoms. The van der Waals surface area contributed by atoms with Gasteiger partial charge in [0.2, 0.25) is 0 Å². The maximum atomic E-state index is 13.4. The Kier molecular flexibility index (Phi) is 3.08. The summed E-state index contributed by atoms with van der Waals surface area (Å²) >= 11 is 0. The molecule has 0 saturated carbocycles. The predicted octanol–water partition coefficient (Wildman–Crippen LogP) is 2.92. The van der Waals surface area contributed by atoms with E-state index in [4.69, 9.17) is 0 Å². The number of halogens is 2. The summed E-state index contributed by atoms with van der Waals surface area (Å²) in [5.41, 5.74) is 2.44. The van der Waals surface area contributed by atoms with E-state index < -0.39 is 11.6 Å². The number of aromatic amines is 1. The van der Waals surface area contributed by atoms with Crippen LogP contribution in [0.25, 0.3) is 0 Å². The summed E-state index contributed by atoms with van der Waals surface area (Å²) in [7, 11) is 0. The second-order valence-corrected chi connectivity index (χ2v) is 3.86. The van der Waals surface area contributed by atoms with Crippen LogP contribution in [-0.2, 0) is 6.54 Å². The van der Waals surface area contributed by atoms with Crippen molar-refractivity contribution in [2.45, 2.75) is 20.4 Å². The van der Waals surface area contributed by atoms with Crippen molar-refractivity contribution in [2.75, 3.05) is 5.32 Å². The molecule has 0 amide bonds. The Balaban J connectivity index is 2.18. The van der Waals surface area contributed by atoms with Gasteiger partial charge in [-0.25, -0.2) is 8.78 Å². The van der Waals surface area contributed by atoms with Crippen molar-refractivity contribution in [1.82, 2.24) is 10.2 Å². The molecule has 17 heavy (non-hydrogen) atoms. The Hall–Kier alpha value is -1.91. The number of nitrogens with zero attached hydrogens (tertiary/aromatic N) is 1. The predicted molar refractivity (Wildman–Crippen MR) is 61.7 cm³/mol. The van der Waals surface area contributed by atoms with Crippen LogP contribution in [0.5, 0.6) is 0 Å². The van der Waals surface area contributed by atoms with E-state index in [2.05, 4.69) is 15.5 Å². The molecule has 0 unspecified atom stereocenters. The molecule has 0 spiro atoms. The Morgan fingerprint density at radius 3 is 2.41 bits per heavy atom. The zero-order chi connectivity index (χ0) is 12.4. The minimum atomic E-state index is -0.545. The molecule has 0 aliphatic heterocycles. The van der Waals surface area contributed by atoms with Crippen molar-refractivity contribution in [3.05, 3.63) is 46.8 Å². The standard InChI is InChI=1S/C12H13F2N3/c1-7-12(8(2)17-16-7)15-6-9-10(13)4-3-5-11(9)14/h3-5,15H,6H2,1-2H3,(H,16,17). The fourth-order valence-corrected chi connectivity index (χ4v) is 1.69. The highest BCUT2D eigenvalue weighted by molar-refractivity contribution is 5.51. The second kappa shape index (κ2) is 4.53. The van der Waals surface area contributed by atoms with Crippen molar-refractivity contribution in [3.63, 3.8) is 0 Å². The molecular weight excluding hydrogens is 224 g/mol. The van der Waals surface area contributed by atoms with Gasteiger partial charge in [0.05, 0.1) is 17.1 Å². The van der Waals surface area contributed by atoms with Gasteiger partial charge in [0.1, 0.15) is 11.6 Å². The van der Waals surface area contributed by atoms with Crippen LogP contribution in [0.1, 0.15) is 17.0 Å². The number of H-pyrrole nitrogens is 1. The SMILES string of the molecule is Cc1n[nH]c(C)c1NCc1c(F)cccc1F. The summed E-state index contributed by atoms with van der Waals surface area (Å²) in [5.74, 6) is -1.09. The van der Waals surface area contributed by atoms with E-state index in [0.717, 1.165) is 17.1 Å². The van der Waals surface area contributed by atoms with Gasteiger partial charge >= 0.3 is 0 Å². The molecule has 0 fully saturated rings. The Morgan fingerprint density at radius 2 is 1.88 bits per heavy atom. The average molecular weight is 237 g/mol. The molecule has 1 heterocycles. The van der Waals surface area contributed by atoms with Gasteiger partial charge in [-0.15, -0.1) is 0 Å². The molecule has 2 rings (SSSR count).